The Bertz CT molecular complexity index is 835. The lowest BCUT2D eigenvalue weighted by Crippen LogP contribution is -2.17. The Kier molecular flexibility index (Phi) is 6.37. The maximum Gasteiger partial charge on any atom is 0.573 e. The molecule has 0 aliphatic rings. The van der Waals surface area contributed by atoms with Crippen molar-refractivity contribution < 1.29 is 27.3 Å². The highest BCUT2D eigenvalue weighted by Crippen LogP contribution is 2.33. The van der Waals surface area contributed by atoms with E-state index in [0.717, 1.165) is 22.4 Å². The molecule has 1 aromatic heterocycles. The number of hydrogen-bond acceptors (Lipinski definition) is 6. The van der Waals surface area contributed by atoms with Crippen molar-refractivity contribution in [3.05, 3.63) is 39.5 Å². The molecule has 0 aliphatic heterocycles. The number of ether oxygens (including phenoxy) is 1. The number of rotatable bonds is 6. The van der Waals surface area contributed by atoms with Crippen LogP contribution in [0.3, 0.4) is 0 Å². The van der Waals surface area contributed by atoms with Crippen LogP contribution in [0.15, 0.2) is 23.4 Å². The zero-order valence-corrected chi connectivity index (χ0v) is 15.0. The third kappa shape index (κ3) is 5.26. The van der Waals surface area contributed by atoms with Gasteiger partial charge in [-0.2, -0.15) is 9.19 Å². The van der Waals surface area contributed by atoms with E-state index in [2.05, 4.69) is 15.0 Å². The molecule has 1 atom stereocenters. The molecule has 3 N–H and O–H groups in total. The molecule has 2 aromatic rings. The van der Waals surface area contributed by atoms with Crippen LogP contribution >= 0.6 is 23.2 Å². The fraction of sp³-hybridized carbons (Fsp3) is 0.231. The molecular formula is C13H11Cl2F3N4O3S. The normalized spacial score (nSPS) is 13.3. The first-order valence-corrected chi connectivity index (χ1v) is 8.79. The Morgan fingerprint density at radius 3 is 2.50 bits per heavy atom. The third-order valence-corrected chi connectivity index (χ3v) is 4.89. The van der Waals surface area contributed by atoms with E-state index in [9.17, 15) is 17.4 Å². The maximum absolute atomic E-state index is 12.3. The van der Waals surface area contributed by atoms with Gasteiger partial charge in [-0.25, -0.2) is 4.21 Å². The summed E-state index contributed by atoms with van der Waals surface area (Å²) < 4.78 is 53.8. The minimum Gasteiger partial charge on any atom is -0.411 e. The molecule has 26 heavy (non-hydrogen) atoms. The summed E-state index contributed by atoms with van der Waals surface area (Å²) in [4.78, 5) is 0. The lowest BCUT2D eigenvalue weighted by atomic mass is 10.1. The van der Waals surface area contributed by atoms with Gasteiger partial charge in [0, 0.05) is 21.9 Å². The maximum atomic E-state index is 12.3. The van der Waals surface area contributed by atoms with Gasteiger partial charge in [-0.05, 0) is 24.1 Å². The zero-order valence-electron chi connectivity index (χ0n) is 12.7. The monoisotopic (exact) mass is 430 g/mol. The van der Waals surface area contributed by atoms with Gasteiger partial charge in [0.05, 0.1) is 6.21 Å². The predicted octanol–water partition coefficient (Wildman–Crippen LogP) is 3.23. The molecule has 0 spiro atoms. The van der Waals surface area contributed by atoms with Crippen LogP contribution in [-0.4, -0.2) is 36.9 Å². The first kappa shape index (κ1) is 20.3. The van der Waals surface area contributed by atoms with E-state index in [1.54, 1.807) is 0 Å². The molecule has 0 aliphatic carbocycles. The quantitative estimate of drug-likeness (QED) is 0.416. The van der Waals surface area contributed by atoms with E-state index in [1.165, 1.54) is 6.07 Å². The van der Waals surface area contributed by atoms with Crippen LogP contribution in [0.25, 0.3) is 0 Å². The van der Waals surface area contributed by atoms with E-state index >= 15 is 0 Å². The highest BCUT2D eigenvalue weighted by molar-refractivity contribution is 7.83. The molecular weight excluding hydrogens is 420 g/mol. The number of oxime groups is 1. The molecule has 0 saturated heterocycles. The number of nitrogens with two attached hydrogens (primary N) is 1. The smallest absolute Gasteiger partial charge is 0.411 e. The lowest BCUT2D eigenvalue weighted by molar-refractivity contribution is -0.274. The number of aromatic nitrogens is 2. The second-order valence-electron chi connectivity index (χ2n) is 4.80. The van der Waals surface area contributed by atoms with Crippen LogP contribution in [0.2, 0.25) is 10.0 Å². The molecule has 1 heterocycles. The van der Waals surface area contributed by atoms with Crippen LogP contribution in [-0.2, 0) is 17.4 Å². The van der Waals surface area contributed by atoms with Crippen LogP contribution in [0.4, 0.5) is 19.0 Å². The minimum absolute atomic E-state index is 0.0134. The number of nitrogens with zero attached hydrogens (tertiary/aromatic N) is 3. The Hall–Kier alpha value is -1.98. The van der Waals surface area contributed by atoms with Crippen molar-refractivity contribution in [2.24, 2.45) is 5.16 Å². The molecule has 0 amide bonds. The van der Waals surface area contributed by atoms with Gasteiger partial charge in [0.2, 0.25) is 0 Å². The topological polar surface area (TPSA) is 103 Å². The Morgan fingerprint density at radius 1 is 1.35 bits per heavy atom. The second-order valence-corrected chi connectivity index (χ2v) is 7.01. The van der Waals surface area contributed by atoms with Crippen LogP contribution in [0.5, 0.6) is 5.75 Å². The molecule has 142 valence electrons. The largest absolute Gasteiger partial charge is 0.573 e. The molecule has 0 bridgehead atoms. The van der Waals surface area contributed by atoms with Gasteiger partial charge < -0.3 is 15.7 Å². The first-order chi connectivity index (χ1) is 12.1. The third-order valence-electron chi connectivity index (χ3n) is 2.98. The highest BCUT2D eigenvalue weighted by atomic mass is 35.5. The van der Waals surface area contributed by atoms with Gasteiger partial charge in [0.25, 0.3) is 0 Å². The van der Waals surface area contributed by atoms with Crippen molar-refractivity contribution >= 4 is 46.2 Å². The van der Waals surface area contributed by atoms with E-state index in [1.807, 2.05) is 0 Å². The van der Waals surface area contributed by atoms with Gasteiger partial charge in [0.1, 0.15) is 28.2 Å². The standard InChI is InChI=1S/C13H11Cl2F3N4O3S/c14-10-4-8(25-13(16,17)18)5-11(15)9(10)1-2-26(24)22-12(19)3-7(21-22)6-20-23/h3-6,23H,1-2,19H2. The molecule has 2 rings (SSSR count). The Morgan fingerprint density at radius 2 is 1.96 bits per heavy atom. The number of hydrogen-bond donors (Lipinski definition) is 2. The summed E-state index contributed by atoms with van der Waals surface area (Å²) in [5, 5.41) is 15.0. The van der Waals surface area contributed by atoms with E-state index in [0.29, 0.717) is 5.56 Å². The summed E-state index contributed by atoms with van der Waals surface area (Å²) in [5.41, 5.74) is 6.17. The van der Waals surface area contributed by atoms with Crippen molar-refractivity contribution in [2.75, 3.05) is 11.5 Å². The van der Waals surface area contributed by atoms with E-state index in [4.69, 9.17) is 34.1 Å². The summed E-state index contributed by atoms with van der Waals surface area (Å²) in [6, 6.07) is 3.29. The first-order valence-electron chi connectivity index (χ1n) is 6.76. The van der Waals surface area contributed by atoms with E-state index < -0.39 is 23.1 Å². The summed E-state index contributed by atoms with van der Waals surface area (Å²) in [7, 11) is -1.71. The van der Waals surface area contributed by atoms with Crippen molar-refractivity contribution in [2.45, 2.75) is 12.8 Å². The molecule has 7 nitrogen and oxygen atoms in total. The Balaban J connectivity index is 2.13. The van der Waals surface area contributed by atoms with Crippen LogP contribution < -0.4 is 10.5 Å². The molecule has 0 fully saturated rings. The number of alkyl halides is 3. The summed E-state index contributed by atoms with van der Waals surface area (Å²) in [6.45, 7) is 0. The number of nitrogen functional groups attached to an aromatic ring is 1. The predicted molar refractivity (Wildman–Crippen MR) is 91.3 cm³/mol. The van der Waals surface area contributed by atoms with Crippen molar-refractivity contribution in [3.8, 4) is 5.75 Å². The molecule has 0 saturated carbocycles. The summed E-state index contributed by atoms with van der Waals surface area (Å²) >= 11 is 11.9. The van der Waals surface area contributed by atoms with E-state index in [-0.39, 0.29) is 33.7 Å². The second kappa shape index (κ2) is 8.14. The van der Waals surface area contributed by atoms with Gasteiger partial charge in [-0.3, -0.25) is 0 Å². The van der Waals surface area contributed by atoms with Gasteiger partial charge in [-0.1, -0.05) is 28.4 Å². The van der Waals surface area contributed by atoms with Gasteiger partial charge in [0.15, 0.2) is 0 Å². The average molecular weight is 431 g/mol. The van der Waals surface area contributed by atoms with Crippen molar-refractivity contribution in [1.82, 2.24) is 9.19 Å². The van der Waals surface area contributed by atoms with Crippen LogP contribution in [0.1, 0.15) is 11.3 Å². The van der Waals surface area contributed by atoms with Crippen molar-refractivity contribution in [3.63, 3.8) is 0 Å². The minimum atomic E-state index is -4.87. The summed E-state index contributed by atoms with van der Waals surface area (Å²) in [6.07, 6.45) is -3.78. The average Bonchev–Trinajstić information content (AvgIpc) is 2.85. The number of anilines is 1. The fourth-order valence-corrected chi connectivity index (χ4v) is 3.65. The fourth-order valence-electron chi connectivity index (χ4n) is 1.97. The highest BCUT2D eigenvalue weighted by Gasteiger charge is 2.31. The van der Waals surface area contributed by atoms with Gasteiger partial charge >= 0.3 is 6.36 Å². The molecule has 1 aromatic carbocycles. The number of benzene rings is 1. The SMILES string of the molecule is Nc1cc(C=NO)nn1S(=O)CCc1c(Cl)cc(OC(F)(F)F)cc1Cl. The Labute approximate surface area is 157 Å². The molecule has 13 heteroatoms. The molecule has 1 unspecified atom stereocenters. The van der Waals surface area contributed by atoms with Gasteiger partial charge in [-0.15, -0.1) is 13.2 Å². The van der Waals surface area contributed by atoms with Crippen LogP contribution in [0, 0.1) is 0 Å². The zero-order chi connectivity index (χ0) is 19.5. The lowest BCUT2D eigenvalue weighted by Gasteiger charge is -2.12. The summed E-state index contributed by atoms with van der Waals surface area (Å²) in [5.74, 6) is -0.494. The number of halogens is 5. The van der Waals surface area contributed by atoms with Crippen molar-refractivity contribution in [1.29, 1.82) is 0 Å². The molecule has 0 radical (unpaired) electrons.